The average Bonchev–Trinajstić information content (AvgIpc) is 2.16. The topological polar surface area (TPSA) is 33.1 Å². The summed E-state index contributed by atoms with van der Waals surface area (Å²) in [5.74, 6) is -0.772. The van der Waals surface area contributed by atoms with E-state index in [0.29, 0.717) is 0 Å². The number of aliphatic hydroxyl groups excluding tert-OH is 1. The van der Waals surface area contributed by atoms with Crippen molar-refractivity contribution in [2.75, 3.05) is 0 Å². The Bertz CT molecular complexity index is 333. The van der Waals surface area contributed by atoms with Crippen LogP contribution in [0.15, 0.2) is 6.07 Å². The molecule has 0 fully saturated rings. The van der Waals surface area contributed by atoms with Gasteiger partial charge < -0.3 is 5.11 Å². The molecule has 0 saturated carbocycles. The van der Waals surface area contributed by atoms with Crippen molar-refractivity contribution in [3.05, 3.63) is 28.8 Å². The Kier molecular flexibility index (Phi) is 3.88. The molecule has 0 saturated heterocycles. The van der Waals surface area contributed by atoms with Crippen molar-refractivity contribution in [1.82, 2.24) is 4.98 Å². The summed E-state index contributed by atoms with van der Waals surface area (Å²) in [6, 6.07) is 0.953. The van der Waals surface area contributed by atoms with Crippen LogP contribution in [0.3, 0.4) is 0 Å². The van der Waals surface area contributed by atoms with Gasteiger partial charge in [0.1, 0.15) is 17.2 Å². The summed E-state index contributed by atoms with van der Waals surface area (Å²) in [5, 5.41) is 8.73. The first-order valence-electron chi connectivity index (χ1n) is 3.73. The van der Waals surface area contributed by atoms with Crippen molar-refractivity contribution in [2.45, 2.75) is 18.4 Å². The van der Waals surface area contributed by atoms with Crippen molar-refractivity contribution in [2.24, 2.45) is 0 Å². The zero-order valence-electron chi connectivity index (χ0n) is 6.98. The predicted molar refractivity (Wildman–Crippen MR) is 47.7 cm³/mol. The van der Waals surface area contributed by atoms with Gasteiger partial charge in [0.25, 0.3) is 6.43 Å². The monoisotopic (exact) mass is 269 g/mol. The molecule has 1 N–H and O–H groups in total. The molecule has 14 heavy (non-hydrogen) atoms. The van der Waals surface area contributed by atoms with Crippen LogP contribution in [-0.4, -0.2) is 10.1 Å². The molecule has 1 aromatic rings. The highest BCUT2D eigenvalue weighted by Gasteiger charge is 2.17. The Balaban J connectivity index is 3.25. The SMILES string of the molecule is OCc1nc(C(F)F)c(CBr)cc1F. The predicted octanol–water partition coefficient (Wildman–Crippen LogP) is 2.55. The Morgan fingerprint density at radius 2 is 2.14 bits per heavy atom. The summed E-state index contributed by atoms with van der Waals surface area (Å²) < 4.78 is 37.7. The van der Waals surface area contributed by atoms with Crippen LogP contribution in [0.25, 0.3) is 0 Å². The number of nitrogens with zero attached hydrogens (tertiary/aromatic N) is 1. The van der Waals surface area contributed by atoms with Gasteiger partial charge in [0.15, 0.2) is 0 Å². The number of hydrogen-bond acceptors (Lipinski definition) is 2. The van der Waals surface area contributed by atoms with Gasteiger partial charge in [-0.25, -0.2) is 18.2 Å². The maximum Gasteiger partial charge on any atom is 0.280 e. The lowest BCUT2D eigenvalue weighted by atomic mass is 10.2. The first-order chi connectivity index (χ1) is 6.60. The Hall–Kier alpha value is -0.620. The fraction of sp³-hybridized carbons (Fsp3) is 0.375. The maximum atomic E-state index is 13.0. The van der Waals surface area contributed by atoms with Crippen LogP contribution in [0.4, 0.5) is 13.2 Å². The van der Waals surface area contributed by atoms with Gasteiger partial charge in [0.2, 0.25) is 0 Å². The minimum atomic E-state index is -2.77. The third-order valence-electron chi connectivity index (χ3n) is 1.66. The van der Waals surface area contributed by atoms with E-state index < -0.39 is 24.5 Å². The van der Waals surface area contributed by atoms with E-state index in [1.165, 1.54) is 0 Å². The van der Waals surface area contributed by atoms with E-state index in [4.69, 9.17) is 5.11 Å². The number of aliphatic hydroxyl groups is 1. The summed E-state index contributed by atoms with van der Waals surface area (Å²) in [6.07, 6.45) is -2.77. The van der Waals surface area contributed by atoms with Crippen LogP contribution in [0.1, 0.15) is 23.4 Å². The molecule has 2 nitrogen and oxygen atoms in total. The second kappa shape index (κ2) is 4.75. The van der Waals surface area contributed by atoms with Gasteiger partial charge >= 0.3 is 0 Å². The number of alkyl halides is 3. The second-order valence-corrected chi connectivity index (χ2v) is 3.11. The van der Waals surface area contributed by atoms with E-state index in [2.05, 4.69) is 20.9 Å². The molecular weight excluding hydrogens is 263 g/mol. The molecule has 0 radical (unpaired) electrons. The molecule has 6 heteroatoms. The molecule has 0 bridgehead atoms. The lowest BCUT2D eigenvalue weighted by Gasteiger charge is -2.07. The summed E-state index contributed by atoms with van der Waals surface area (Å²) in [5.41, 5.74) is -0.757. The number of pyridine rings is 1. The molecule has 78 valence electrons. The molecule has 0 atom stereocenters. The highest BCUT2D eigenvalue weighted by Crippen LogP contribution is 2.24. The van der Waals surface area contributed by atoms with E-state index in [9.17, 15) is 13.2 Å². The molecule has 1 heterocycles. The maximum absolute atomic E-state index is 13.0. The minimum Gasteiger partial charge on any atom is -0.390 e. The molecular formula is C8H7BrF3NO. The smallest absolute Gasteiger partial charge is 0.280 e. The Labute approximate surface area is 86.9 Å². The van der Waals surface area contributed by atoms with Crippen molar-refractivity contribution >= 4 is 15.9 Å². The molecule has 0 amide bonds. The van der Waals surface area contributed by atoms with Crippen LogP contribution in [0.5, 0.6) is 0 Å². The molecule has 0 aromatic carbocycles. The first kappa shape index (κ1) is 11.5. The molecule has 1 rings (SSSR count). The normalized spacial score (nSPS) is 11.0. The molecule has 0 spiro atoms. The summed E-state index contributed by atoms with van der Waals surface area (Å²) >= 11 is 2.95. The molecule has 0 aliphatic heterocycles. The van der Waals surface area contributed by atoms with Gasteiger partial charge in [-0.1, -0.05) is 15.9 Å². The molecule has 0 unspecified atom stereocenters. The van der Waals surface area contributed by atoms with Gasteiger partial charge in [-0.2, -0.15) is 0 Å². The fourth-order valence-electron chi connectivity index (χ4n) is 0.988. The van der Waals surface area contributed by atoms with E-state index >= 15 is 0 Å². The molecule has 1 aromatic heterocycles. The second-order valence-electron chi connectivity index (χ2n) is 2.55. The minimum absolute atomic E-state index is 0.0923. The number of rotatable bonds is 3. The Morgan fingerprint density at radius 1 is 1.50 bits per heavy atom. The fourth-order valence-corrected chi connectivity index (χ4v) is 1.44. The van der Waals surface area contributed by atoms with Crippen LogP contribution in [-0.2, 0) is 11.9 Å². The van der Waals surface area contributed by atoms with Crippen LogP contribution in [0.2, 0.25) is 0 Å². The van der Waals surface area contributed by atoms with E-state index in [-0.39, 0.29) is 16.6 Å². The zero-order chi connectivity index (χ0) is 10.7. The van der Waals surface area contributed by atoms with Crippen molar-refractivity contribution in [1.29, 1.82) is 0 Å². The highest BCUT2D eigenvalue weighted by molar-refractivity contribution is 9.08. The molecule has 0 aliphatic carbocycles. The van der Waals surface area contributed by atoms with Crippen LogP contribution < -0.4 is 0 Å². The van der Waals surface area contributed by atoms with Crippen LogP contribution >= 0.6 is 15.9 Å². The van der Waals surface area contributed by atoms with Gasteiger partial charge in [-0.15, -0.1) is 0 Å². The standard InChI is InChI=1S/C8H7BrF3NO/c9-2-4-1-5(10)6(3-14)13-7(4)8(11)12/h1,8,14H,2-3H2. The van der Waals surface area contributed by atoms with Gasteiger partial charge in [0, 0.05) is 5.33 Å². The number of hydrogen-bond donors (Lipinski definition) is 1. The third kappa shape index (κ3) is 2.24. The van der Waals surface area contributed by atoms with Crippen molar-refractivity contribution in [3.8, 4) is 0 Å². The number of aromatic nitrogens is 1. The van der Waals surface area contributed by atoms with Gasteiger partial charge in [0.05, 0.1) is 6.61 Å². The lowest BCUT2D eigenvalue weighted by molar-refractivity contribution is 0.144. The van der Waals surface area contributed by atoms with E-state index in [1.54, 1.807) is 0 Å². The Morgan fingerprint density at radius 3 is 2.57 bits per heavy atom. The zero-order valence-corrected chi connectivity index (χ0v) is 8.56. The van der Waals surface area contributed by atoms with Crippen molar-refractivity contribution in [3.63, 3.8) is 0 Å². The largest absolute Gasteiger partial charge is 0.390 e. The average molecular weight is 270 g/mol. The molecule has 0 aliphatic rings. The van der Waals surface area contributed by atoms with Crippen molar-refractivity contribution < 1.29 is 18.3 Å². The highest BCUT2D eigenvalue weighted by atomic mass is 79.9. The third-order valence-corrected chi connectivity index (χ3v) is 2.27. The van der Waals surface area contributed by atoms with Gasteiger partial charge in [-0.05, 0) is 11.6 Å². The quantitative estimate of drug-likeness (QED) is 0.856. The van der Waals surface area contributed by atoms with Crippen LogP contribution in [0, 0.1) is 5.82 Å². The summed E-state index contributed by atoms with van der Waals surface area (Å²) in [7, 11) is 0. The van der Waals surface area contributed by atoms with E-state index in [0.717, 1.165) is 6.07 Å². The lowest BCUT2D eigenvalue weighted by Crippen LogP contribution is -2.04. The first-order valence-corrected chi connectivity index (χ1v) is 4.85. The summed E-state index contributed by atoms with van der Waals surface area (Å²) in [6.45, 7) is -0.686. The summed E-state index contributed by atoms with van der Waals surface area (Å²) in [4.78, 5) is 3.36. The number of halogens is 4. The van der Waals surface area contributed by atoms with E-state index in [1.807, 2.05) is 0 Å². The van der Waals surface area contributed by atoms with Gasteiger partial charge in [-0.3, -0.25) is 0 Å².